The molecule has 1 N–H and O–H groups in total. The van der Waals surface area contributed by atoms with Gasteiger partial charge in [-0.15, -0.1) is 0 Å². The predicted octanol–water partition coefficient (Wildman–Crippen LogP) is 2.57. The van der Waals surface area contributed by atoms with Crippen LogP contribution in [0.3, 0.4) is 0 Å². The maximum Gasteiger partial charge on any atom is 0.326 e. The average molecular weight is 475 g/mol. The Balaban J connectivity index is 1.29. The second-order valence-electron chi connectivity index (χ2n) is 9.06. The molecule has 9 nitrogen and oxygen atoms in total. The van der Waals surface area contributed by atoms with Crippen molar-refractivity contribution in [1.82, 2.24) is 20.0 Å². The maximum atomic E-state index is 13.5. The minimum Gasteiger partial charge on any atom is -0.459 e. The number of amides is 5. The summed E-state index contributed by atoms with van der Waals surface area (Å²) in [5, 5.41) is 4.78. The van der Waals surface area contributed by atoms with Crippen LogP contribution in [0.4, 0.5) is 4.79 Å². The summed E-state index contributed by atoms with van der Waals surface area (Å²) in [4.78, 5) is 56.3. The molecule has 2 fully saturated rings. The number of carbonyl (C=O) groups is 4. The lowest BCUT2D eigenvalue weighted by Gasteiger charge is -2.36. The molecule has 2 atom stereocenters. The zero-order chi connectivity index (χ0) is 24.7. The molecule has 3 aromatic rings. The number of imide groups is 1. The van der Waals surface area contributed by atoms with Crippen LogP contribution in [0.2, 0.25) is 0 Å². The summed E-state index contributed by atoms with van der Waals surface area (Å²) in [6.07, 6.45) is 1.44. The summed E-state index contributed by atoms with van der Waals surface area (Å²) in [7, 11) is 0. The number of benzene rings is 2. The molecule has 5 rings (SSSR count). The third-order valence-electron chi connectivity index (χ3n) is 6.90. The van der Waals surface area contributed by atoms with Crippen LogP contribution in [0.25, 0.3) is 10.8 Å². The van der Waals surface area contributed by atoms with E-state index in [-0.39, 0.29) is 17.6 Å². The maximum absolute atomic E-state index is 13.5. The van der Waals surface area contributed by atoms with E-state index in [9.17, 15) is 19.2 Å². The van der Waals surface area contributed by atoms with E-state index in [1.54, 1.807) is 35.8 Å². The minimum atomic E-state index is -1.27. The summed E-state index contributed by atoms with van der Waals surface area (Å²) in [5.74, 6) is -0.771. The van der Waals surface area contributed by atoms with Crippen LogP contribution >= 0.6 is 0 Å². The Labute approximate surface area is 202 Å². The number of hydrogen-bond donors (Lipinski definition) is 1. The number of nitrogens with zero attached hydrogens (tertiary/aromatic N) is 3. The third kappa shape index (κ3) is 3.82. The van der Waals surface area contributed by atoms with Gasteiger partial charge in [-0.3, -0.25) is 14.4 Å². The lowest BCUT2D eigenvalue weighted by atomic mass is 9.90. The van der Waals surface area contributed by atoms with Gasteiger partial charge in [0.25, 0.3) is 11.8 Å². The van der Waals surface area contributed by atoms with Gasteiger partial charge in [-0.05, 0) is 48.4 Å². The monoisotopic (exact) mass is 474 g/mol. The van der Waals surface area contributed by atoms with Gasteiger partial charge in [-0.2, -0.15) is 0 Å². The molecule has 2 aromatic carbocycles. The molecule has 5 amide bonds. The Bertz CT molecular complexity index is 1310. The Morgan fingerprint density at radius 1 is 0.943 bits per heavy atom. The van der Waals surface area contributed by atoms with Gasteiger partial charge in [0.15, 0.2) is 5.76 Å². The number of piperazine rings is 1. The zero-order valence-electron chi connectivity index (χ0n) is 19.6. The second kappa shape index (κ2) is 8.57. The van der Waals surface area contributed by atoms with Crippen LogP contribution in [-0.2, 0) is 15.1 Å². The Hall–Kier alpha value is -4.14. The summed E-state index contributed by atoms with van der Waals surface area (Å²) >= 11 is 0. The second-order valence-corrected chi connectivity index (χ2v) is 9.06. The van der Waals surface area contributed by atoms with Crippen molar-refractivity contribution in [2.75, 3.05) is 26.2 Å². The number of furan rings is 1. The quantitative estimate of drug-likeness (QED) is 0.586. The van der Waals surface area contributed by atoms with Gasteiger partial charge < -0.3 is 19.5 Å². The molecule has 3 heterocycles. The van der Waals surface area contributed by atoms with Gasteiger partial charge in [-0.1, -0.05) is 36.4 Å². The molecule has 0 aliphatic carbocycles. The number of urea groups is 1. The highest BCUT2D eigenvalue weighted by Crippen LogP contribution is 2.32. The van der Waals surface area contributed by atoms with Crippen LogP contribution in [0.15, 0.2) is 65.3 Å². The topological polar surface area (TPSA) is 103 Å². The number of fused-ring (bicyclic) bond motifs is 1. The highest BCUT2D eigenvalue weighted by atomic mass is 16.3. The summed E-state index contributed by atoms with van der Waals surface area (Å²) in [6.45, 7) is 4.52. The number of hydrogen-bond acceptors (Lipinski definition) is 5. The van der Waals surface area contributed by atoms with E-state index < -0.39 is 23.5 Å². The van der Waals surface area contributed by atoms with Crippen LogP contribution in [-0.4, -0.2) is 70.7 Å². The molecule has 2 unspecified atom stereocenters. The first-order valence-electron chi connectivity index (χ1n) is 11.6. The van der Waals surface area contributed by atoms with Gasteiger partial charge >= 0.3 is 6.03 Å². The van der Waals surface area contributed by atoms with Crippen LogP contribution in [0.5, 0.6) is 0 Å². The summed E-state index contributed by atoms with van der Waals surface area (Å²) in [5.41, 5.74) is -0.620. The molecule has 1 aromatic heterocycles. The van der Waals surface area contributed by atoms with E-state index in [2.05, 4.69) is 5.32 Å². The molecular weight excluding hydrogens is 448 g/mol. The number of carbonyl (C=O) groups excluding carboxylic acids is 4. The molecule has 0 saturated carbocycles. The van der Waals surface area contributed by atoms with E-state index in [0.29, 0.717) is 31.7 Å². The van der Waals surface area contributed by atoms with Crippen LogP contribution in [0, 0.1) is 0 Å². The molecule has 0 bridgehead atoms. The first-order chi connectivity index (χ1) is 16.8. The molecular formula is C26H26N4O5. The molecule has 0 spiro atoms. The Kier molecular flexibility index (Phi) is 5.55. The van der Waals surface area contributed by atoms with Crippen molar-refractivity contribution in [2.45, 2.75) is 25.4 Å². The van der Waals surface area contributed by atoms with E-state index in [1.165, 1.54) is 6.26 Å². The zero-order valence-corrected chi connectivity index (χ0v) is 19.6. The molecule has 180 valence electrons. The van der Waals surface area contributed by atoms with E-state index in [4.69, 9.17) is 4.42 Å². The third-order valence-corrected chi connectivity index (χ3v) is 6.90. The Morgan fingerprint density at radius 3 is 2.31 bits per heavy atom. The fourth-order valence-corrected chi connectivity index (χ4v) is 4.77. The molecule has 35 heavy (non-hydrogen) atoms. The molecule has 9 heteroatoms. The first-order valence-corrected chi connectivity index (χ1v) is 11.6. The minimum absolute atomic E-state index is 0.226. The summed E-state index contributed by atoms with van der Waals surface area (Å²) in [6, 6.07) is 15.1. The van der Waals surface area contributed by atoms with Gasteiger partial charge in [-0.25, -0.2) is 9.69 Å². The highest BCUT2D eigenvalue weighted by Gasteiger charge is 2.52. The lowest BCUT2D eigenvalue weighted by Crippen LogP contribution is -2.56. The fourth-order valence-electron chi connectivity index (χ4n) is 4.77. The van der Waals surface area contributed by atoms with Crippen molar-refractivity contribution in [3.8, 4) is 0 Å². The van der Waals surface area contributed by atoms with Gasteiger partial charge in [0.2, 0.25) is 5.91 Å². The SMILES string of the molecule is CC(C(=O)N1CCN(C(=O)c2ccco2)CC1)N1C(=O)NC(C)(c2ccc3ccccc3c2)C1=O. The van der Waals surface area contributed by atoms with Gasteiger partial charge in [0.1, 0.15) is 11.6 Å². The van der Waals surface area contributed by atoms with Crippen LogP contribution < -0.4 is 5.32 Å². The van der Waals surface area contributed by atoms with Crippen molar-refractivity contribution in [3.05, 3.63) is 72.2 Å². The van der Waals surface area contributed by atoms with Crippen molar-refractivity contribution >= 4 is 34.5 Å². The molecule has 2 aliphatic heterocycles. The summed E-state index contributed by atoms with van der Waals surface area (Å²) < 4.78 is 5.17. The highest BCUT2D eigenvalue weighted by molar-refractivity contribution is 6.10. The number of nitrogens with one attached hydrogen (secondary N) is 1. The average Bonchev–Trinajstić information content (AvgIpc) is 3.49. The molecule has 0 radical (unpaired) electrons. The standard InChI is InChI=1S/C26H26N4O5/c1-17(22(31)28-11-13-29(14-12-28)23(32)21-8-5-15-35-21)30-24(33)26(2,27-25(30)34)20-10-9-18-6-3-4-7-19(18)16-20/h3-10,15-17H,11-14H2,1-2H3,(H,27,34). The van der Waals surface area contributed by atoms with E-state index in [0.717, 1.165) is 15.7 Å². The lowest BCUT2D eigenvalue weighted by molar-refractivity contribution is -0.143. The molecule has 2 saturated heterocycles. The molecule has 2 aliphatic rings. The van der Waals surface area contributed by atoms with Crippen molar-refractivity contribution < 1.29 is 23.6 Å². The smallest absolute Gasteiger partial charge is 0.326 e. The van der Waals surface area contributed by atoms with Crippen LogP contribution in [0.1, 0.15) is 30.0 Å². The van der Waals surface area contributed by atoms with E-state index in [1.807, 2.05) is 42.5 Å². The fraction of sp³-hybridized carbons (Fsp3) is 0.308. The normalized spacial score (nSPS) is 21.4. The van der Waals surface area contributed by atoms with Crippen molar-refractivity contribution in [3.63, 3.8) is 0 Å². The van der Waals surface area contributed by atoms with E-state index >= 15 is 0 Å². The van der Waals surface area contributed by atoms with Crippen molar-refractivity contribution in [2.24, 2.45) is 0 Å². The first kappa shape index (κ1) is 22.6. The number of rotatable bonds is 4. The van der Waals surface area contributed by atoms with Gasteiger partial charge in [0.05, 0.1) is 6.26 Å². The predicted molar refractivity (Wildman–Crippen MR) is 127 cm³/mol. The Morgan fingerprint density at radius 2 is 1.63 bits per heavy atom. The largest absolute Gasteiger partial charge is 0.459 e. The van der Waals surface area contributed by atoms with Crippen molar-refractivity contribution in [1.29, 1.82) is 0 Å². The van der Waals surface area contributed by atoms with Gasteiger partial charge in [0, 0.05) is 26.2 Å².